The molecule has 0 aliphatic heterocycles. The molecule has 11 heteroatoms. The van der Waals surface area contributed by atoms with Crippen molar-refractivity contribution in [3.05, 3.63) is 29.8 Å². The zero-order valence-electron chi connectivity index (χ0n) is 12.7. The van der Waals surface area contributed by atoms with Crippen molar-refractivity contribution in [1.29, 1.82) is 0 Å². The Morgan fingerprint density at radius 3 is 1.71 bits per heavy atom. The maximum Gasteiger partial charge on any atom is 0.433 e. The monoisotopic (exact) mass is 379 g/mol. The van der Waals surface area contributed by atoms with Gasteiger partial charge < -0.3 is 0 Å². The molecule has 0 bridgehead atoms. The lowest BCUT2D eigenvalue weighted by atomic mass is 10.0. The first-order valence-electron chi connectivity index (χ1n) is 6.70. The first-order valence-corrected chi connectivity index (χ1v) is 8.25. The lowest BCUT2D eigenvalue weighted by Crippen LogP contribution is -2.22. The smallest absolute Gasteiger partial charge is 0.293 e. The average Bonchev–Trinajstić information content (AvgIpc) is 2.43. The van der Waals surface area contributed by atoms with E-state index >= 15 is 0 Å². The van der Waals surface area contributed by atoms with Crippen LogP contribution in [0.15, 0.2) is 24.3 Å². The summed E-state index contributed by atoms with van der Waals surface area (Å²) in [5.74, 6) is 0.161. The van der Waals surface area contributed by atoms with Crippen molar-refractivity contribution in [3.63, 3.8) is 0 Å². The Labute approximate surface area is 134 Å². The van der Waals surface area contributed by atoms with Gasteiger partial charge in [0.2, 0.25) is 0 Å². The second-order valence-corrected chi connectivity index (χ2v) is 6.90. The Bertz CT molecular complexity index is 549. The molecular formula is C13H16F6NO3P. The summed E-state index contributed by atoms with van der Waals surface area (Å²) in [6.45, 7) is -0.239. The van der Waals surface area contributed by atoms with Crippen LogP contribution in [0, 0.1) is 0 Å². The van der Waals surface area contributed by atoms with Crippen LogP contribution in [0.3, 0.4) is 0 Å². The molecule has 1 rings (SSSR count). The fourth-order valence-corrected chi connectivity index (χ4v) is 2.82. The third-order valence-electron chi connectivity index (χ3n) is 2.64. The molecule has 1 aromatic rings. The van der Waals surface area contributed by atoms with Crippen LogP contribution in [0.1, 0.15) is 25.3 Å². The zero-order valence-corrected chi connectivity index (χ0v) is 13.6. The van der Waals surface area contributed by atoms with Crippen LogP contribution in [-0.2, 0) is 13.6 Å². The summed E-state index contributed by atoms with van der Waals surface area (Å²) >= 11 is 0. The minimum Gasteiger partial charge on any atom is -0.293 e. The van der Waals surface area contributed by atoms with Gasteiger partial charge in [-0.15, -0.1) is 0 Å². The van der Waals surface area contributed by atoms with Crippen LogP contribution in [0.2, 0.25) is 0 Å². The van der Waals surface area contributed by atoms with Crippen LogP contribution < -0.4 is 5.09 Å². The van der Waals surface area contributed by atoms with Crippen molar-refractivity contribution in [2.24, 2.45) is 0 Å². The number of alkyl halides is 6. The molecule has 0 amide bonds. The number of halogens is 6. The SMILES string of the molecule is CC(C)c1ccc(NP(=O)(OCC(F)(F)F)OCC(F)(F)F)cc1. The van der Waals surface area contributed by atoms with E-state index in [4.69, 9.17) is 0 Å². The lowest BCUT2D eigenvalue weighted by molar-refractivity contribution is -0.165. The van der Waals surface area contributed by atoms with Gasteiger partial charge in [0.1, 0.15) is 0 Å². The van der Waals surface area contributed by atoms with E-state index in [0.717, 1.165) is 5.56 Å². The molecule has 0 heterocycles. The Kier molecular flexibility index (Phi) is 6.72. The Morgan fingerprint density at radius 1 is 0.958 bits per heavy atom. The highest BCUT2D eigenvalue weighted by Gasteiger charge is 2.38. The van der Waals surface area contributed by atoms with Crippen LogP contribution in [0.5, 0.6) is 0 Å². The zero-order chi connectivity index (χ0) is 18.6. The van der Waals surface area contributed by atoms with Gasteiger partial charge in [0.25, 0.3) is 0 Å². The Hall–Kier alpha value is -1.25. The normalized spacial score (nSPS) is 13.4. The highest BCUT2D eigenvalue weighted by Crippen LogP contribution is 2.50. The fourth-order valence-electron chi connectivity index (χ4n) is 1.52. The fraction of sp³-hybridized carbons (Fsp3) is 0.538. The number of rotatable bonds is 7. The van der Waals surface area contributed by atoms with Gasteiger partial charge in [-0.3, -0.25) is 14.1 Å². The van der Waals surface area contributed by atoms with Gasteiger partial charge in [-0.25, -0.2) is 4.57 Å². The Balaban J connectivity index is 2.89. The van der Waals surface area contributed by atoms with Crippen molar-refractivity contribution in [2.45, 2.75) is 32.1 Å². The maximum absolute atomic E-state index is 12.2. The molecule has 0 aliphatic carbocycles. The molecule has 0 unspecified atom stereocenters. The first-order chi connectivity index (χ1) is 10.8. The van der Waals surface area contributed by atoms with Gasteiger partial charge >= 0.3 is 20.1 Å². The van der Waals surface area contributed by atoms with Crippen LogP contribution >= 0.6 is 7.75 Å². The standard InChI is InChI=1S/C13H16F6NO3P/c1-9(2)10-3-5-11(6-4-10)20-24(21,22-7-12(14,15)16)23-8-13(17,18)19/h3-6,9H,7-8H2,1-2H3,(H,20,21). The van der Waals surface area contributed by atoms with Crippen LogP contribution in [0.25, 0.3) is 0 Å². The lowest BCUT2D eigenvalue weighted by Gasteiger charge is -2.21. The van der Waals surface area contributed by atoms with Gasteiger partial charge in [-0.05, 0) is 23.6 Å². The van der Waals surface area contributed by atoms with E-state index in [1.807, 2.05) is 18.9 Å². The molecule has 0 saturated heterocycles. The van der Waals surface area contributed by atoms with Gasteiger partial charge in [0.15, 0.2) is 13.2 Å². The highest BCUT2D eigenvalue weighted by atomic mass is 31.2. The van der Waals surface area contributed by atoms with E-state index in [2.05, 4.69) is 9.05 Å². The number of benzene rings is 1. The van der Waals surface area contributed by atoms with Crippen LogP contribution in [0.4, 0.5) is 32.0 Å². The maximum atomic E-state index is 12.2. The molecule has 24 heavy (non-hydrogen) atoms. The molecular weight excluding hydrogens is 363 g/mol. The summed E-state index contributed by atoms with van der Waals surface area (Å²) in [6.07, 6.45) is -9.75. The largest absolute Gasteiger partial charge is 0.433 e. The van der Waals surface area contributed by atoms with Gasteiger partial charge in [-0.2, -0.15) is 26.3 Å². The average molecular weight is 379 g/mol. The molecule has 0 aromatic heterocycles. The summed E-state index contributed by atoms with van der Waals surface area (Å²) in [4.78, 5) is 0. The van der Waals surface area contributed by atoms with Crippen molar-refractivity contribution >= 4 is 13.4 Å². The van der Waals surface area contributed by atoms with Crippen molar-refractivity contribution in [2.75, 3.05) is 18.3 Å². The van der Waals surface area contributed by atoms with Crippen molar-refractivity contribution in [1.82, 2.24) is 0 Å². The van der Waals surface area contributed by atoms with E-state index in [-0.39, 0.29) is 11.6 Å². The number of hydrogen-bond acceptors (Lipinski definition) is 3. The predicted molar refractivity (Wildman–Crippen MR) is 75.8 cm³/mol. The minimum atomic E-state index is -4.87. The number of nitrogens with one attached hydrogen (secondary N) is 1. The molecule has 0 aliphatic rings. The summed E-state index contributed by atoms with van der Waals surface area (Å²) in [7, 11) is -4.86. The minimum absolute atomic E-state index is 0.00656. The summed E-state index contributed by atoms with van der Waals surface area (Å²) in [6, 6.07) is 5.89. The van der Waals surface area contributed by atoms with Crippen molar-refractivity contribution in [3.8, 4) is 0 Å². The van der Waals surface area contributed by atoms with Crippen LogP contribution in [-0.4, -0.2) is 25.6 Å². The summed E-state index contributed by atoms with van der Waals surface area (Å²) in [5.41, 5.74) is 0.884. The second-order valence-electron chi connectivity index (χ2n) is 5.16. The topological polar surface area (TPSA) is 47.6 Å². The third kappa shape index (κ3) is 8.03. The summed E-state index contributed by atoms with van der Waals surface area (Å²) in [5, 5.41) is 1.98. The molecule has 1 aromatic carbocycles. The molecule has 0 atom stereocenters. The van der Waals surface area contributed by atoms with Crippen molar-refractivity contribution < 1.29 is 40.0 Å². The van der Waals surface area contributed by atoms with E-state index in [9.17, 15) is 30.9 Å². The number of anilines is 1. The first kappa shape index (κ1) is 20.8. The molecule has 138 valence electrons. The van der Waals surface area contributed by atoms with Gasteiger partial charge in [-0.1, -0.05) is 26.0 Å². The molecule has 1 N–H and O–H groups in total. The molecule has 0 spiro atoms. The predicted octanol–water partition coefficient (Wildman–Crippen LogP) is 5.49. The molecule has 0 saturated carbocycles. The van der Waals surface area contributed by atoms with E-state index < -0.39 is 33.3 Å². The van der Waals surface area contributed by atoms with E-state index in [1.165, 1.54) is 12.1 Å². The molecule has 0 radical (unpaired) electrons. The molecule has 0 fully saturated rings. The van der Waals surface area contributed by atoms with E-state index in [1.54, 1.807) is 12.1 Å². The number of hydrogen-bond donors (Lipinski definition) is 1. The second kappa shape index (κ2) is 7.76. The van der Waals surface area contributed by atoms with E-state index in [0.29, 0.717) is 0 Å². The summed E-state index contributed by atoms with van der Waals surface area (Å²) < 4.78 is 93.4. The quantitative estimate of drug-likeness (QED) is 0.503. The third-order valence-corrected chi connectivity index (χ3v) is 4.11. The Morgan fingerprint density at radius 2 is 1.38 bits per heavy atom. The molecule has 4 nitrogen and oxygen atoms in total. The van der Waals surface area contributed by atoms with Gasteiger partial charge in [0, 0.05) is 5.69 Å². The highest BCUT2D eigenvalue weighted by molar-refractivity contribution is 7.55. The van der Waals surface area contributed by atoms with Gasteiger partial charge in [0.05, 0.1) is 0 Å².